The molecule has 4 nitrogen and oxygen atoms in total. The first kappa shape index (κ1) is 17.1. The second-order valence-electron chi connectivity index (χ2n) is 6.43. The molecule has 0 saturated carbocycles. The fourth-order valence-electron chi connectivity index (χ4n) is 3.65. The third kappa shape index (κ3) is 3.24. The van der Waals surface area contributed by atoms with Crippen molar-refractivity contribution in [3.8, 4) is 0 Å². The fraction of sp³-hybridized carbons (Fsp3) is 0.421. The van der Waals surface area contributed by atoms with Crippen molar-refractivity contribution in [3.63, 3.8) is 0 Å². The molecule has 1 aliphatic heterocycles. The summed E-state index contributed by atoms with van der Waals surface area (Å²) in [6.07, 6.45) is 3.59. The summed E-state index contributed by atoms with van der Waals surface area (Å²) in [5.74, 6) is 0. The van der Waals surface area contributed by atoms with Crippen LogP contribution in [-0.4, -0.2) is 31.2 Å². The Morgan fingerprint density at radius 2 is 2.08 bits per heavy atom. The Balaban J connectivity index is 1.54. The van der Waals surface area contributed by atoms with Gasteiger partial charge in [-0.05, 0) is 47.5 Å². The average molecular weight is 376 g/mol. The number of benzene rings is 1. The molecule has 132 valence electrons. The van der Waals surface area contributed by atoms with Gasteiger partial charge in [0.05, 0.1) is 15.5 Å². The molecule has 0 atom stereocenters. The summed E-state index contributed by atoms with van der Waals surface area (Å²) in [6.45, 7) is 1.51. The molecule has 0 unspecified atom stereocenters. The van der Waals surface area contributed by atoms with Crippen molar-refractivity contribution >= 4 is 28.8 Å². The molecule has 0 bridgehead atoms. The predicted octanol–water partition coefficient (Wildman–Crippen LogP) is 4.68. The zero-order valence-electron chi connectivity index (χ0n) is 14.2. The standard InChI is InChI=1S/C19H21NO3S2/c1-22-19(6-8-23-9-7-19)14-11-18(24-12-14)25-15-3-4-16-13(10-15)2-5-17(16)20-21/h3-4,10-12,21H,2,5-9H2,1H3. The van der Waals surface area contributed by atoms with Gasteiger partial charge in [0.2, 0.25) is 0 Å². The lowest BCUT2D eigenvalue weighted by molar-refractivity contribution is -0.0946. The largest absolute Gasteiger partial charge is 0.411 e. The molecule has 2 aromatic rings. The van der Waals surface area contributed by atoms with Crippen LogP contribution in [-0.2, 0) is 21.5 Å². The lowest BCUT2D eigenvalue weighted by Crippen LogP contribution is -2.35. The molecule has 1 N–H and O–H groups in total. The van der Waals surface area contributed by atoms with E-state index < -0.39 is 0 Å². The van der Waals surface area contributed by atoms with E-state index in [0.29, 0.717) is 0 Å². The minimum atomic E-state index is -0.196. The molecule has 2 heterocycles. The number of nitrogens with zero attached hydrogens (tertiary/aromatic N) is 1. The average Bonchev–Trinajstić information content (AvgIpc) is 3.29. The fourth-order valence-corrected chi connectivity index (χ4v) is 5.75. The molecule has 0 radical (unpaired) electrons. The lowest BCUT2D eigenvalue weighted by atomic mass is 9.88. The van der Waals surface area contributed by atoms with Crippen LogP contribution in [0.5, 0.6) is 0 Å². The molecule has 1 fully saturated rings. The van der Waals surface area contributed by atoms with Crippen LogP contribution in [0.15, 0.2) is 43.9 Å². The van der Waals surface area contributed by atoms with Gasteiger partial charge < -0.3 is 14.7 Å². The highest BCUT2D eigenvalue weighted by atomic mass is 32.2. The van der Waals surface area contributed by atoms with Crippen molar-refractivity contribution in [2.24, 2.45) is 5.16 Å². The van der Waals surface area contributed by atoms with Crippen LogP contribution in [0, 0.1) is 0 Å². The highest BCUT2D eigenvalue weighted by molar-refractivity contribution is 8.01. The third-order valence-electron chi connectivity index (χ3n) is 5.15. The Kier molecular flexibility index (Phi) is 4.86. The van der Waals surface area contributed by atoms with Crippen LogP contribution in [0.4, 0.5) is 0 Å². The first-order valence-electron chi connectivity index (χ1n) is 8.48. The van der Waals surface area contributed by atoms with E-state index in [-0.39, 0.29) is 5.60 Å². The number of aryl methyl sites for hydroxylation is 1. The van der Waals surface area contributed by atoms with Crippen molar-refractivity contribution < 1.29 is 14.7 Å². The van der Waals surface area contributed by atoms with E-state index in [9.17, 15) is 0 Å². The summed E-state index contributed by atoms with van der Waals surface area (Å²) >= 11 is 3.55. The molecule has 4 rings (SSSR count). The first-order valence-corrected chi connectivity index (χ1v) is 10.2. The summed E-state index contributed by atoms with van der Waals surface area (Å²) in [5.41, 5.74) is 4.22. The van der Waals surface area contributed by atoms with Gasteiger partial charge in [-0.2, -0.15) is 0 Å². The van der Waals surface area contributed by atoms with Crippen LogP contribution in [0.25, 0.3) is 0 Å². The lowest BCUT2D eigenvalue weighted by Gasteiger charge is -2.35. The van der Waals surface area contributed by atoms with Crippen LogP contribution in [0.2, 0.25) is 0 Å². The Bertz CT molecular complexity index is 794. The number of thiophene rings is 1. The summed E-state index contributed by atoms with van der Waals surface area (Å²) in [4.78, 5) is 1.23. The molecule has 25 heavy (non-hydrogen) atoms. The van der Waals surface area contributed by atoms with Crippen LogP contribution < -0.4 is 0 Å². The van der Waals surface area contributed by atoms with Gasteiger partial charge in [0, 0.05) is 43.6 Å². The van der Waals surface area contributed by atoms with E-state index in [1.807, 2.05) is 0 Å². The molecular weight excluding hydrogens is 354 g/mol. The van der Waals surface area contributed by atoms with E-state index in [2.05, 4.69) is 34.8 Å². The number of rotatable bonds is 4. The van der Waals surface area contributed by atoms with Crippen molar-refractivity contribution in [2.75, 3.05) is 20.3 Å². The minimum Gasteiger partial charge on any atom is -0.411 e. The van der Waals surface area contributed by atoms with E-state index >= 15 is 0 Å². The SMILES string of the molecule is COC1(c2csc(Sc3ccc4c(c3)CCC4=NO)c2)CCOCC1. The van der Waals surface area contributed by atoms with Gasteiger partial charge in [0.1, 0.15) is 0 Å². The van der Waals surface area contributed by atoms with Crippen molar-refractivity contribution in [1.82, 2.24) is 0 Å². The molecule has 1 aliphatic carbocycles. The summed E-state index contributed by atoms with van der Waals surface area (Å²) in [6, 6.07) is 8.67. The maximum Gasteiger partial charge on any atom is 0.0979 e. The van der Waals surface area contributed by atoms with Gasteiger partial charge >= 0.3 is 0 Å². The van der Waals surface area contributed by atoms with Crippen LogP contribution in [0.3, 0.4) is 0 Å². The van der Waals surface area contributed by atoms with Crippen LogP contribution in [0.1, 0.15) is 36.0 Å². The Hall–Kier alpha value is -1.34. The van der Waals surface area contributed by atoms with E-state index in [1.165, 1.54) is 20.2 Å². The molecule has 1 saturated heterocycles. The molecule has 1 aromatic carbocycles. The number of fused-ring (bicyclic) bond motifs is 1. The molecule has 0 spiro atoms. The quantitative estimate of drug-likeness (QED) is 0.623. The number of ether oxygens (including phenoxy) is 2. The van der Waals surface area contributed by atoms with Gasteiger partial charge in [-0.1, -0.05) is 23.0 Å². The monoisotopic (exact) mass is 375 g/mol. The Morgan fingerprint density at radius 1 is 1.24 bits per heavy atom. The van der Waals surface area contributed by atoms with Gasteiger partial charge in [0.15, 0.2) is 0 Å². The topological polar surface area (TPSA) is 51.0 Å². The minimum absolute atomic E-state index is 0.196. The van der Waals surface area contributed by atoms with Gasteiger partial charge in [0.25, 0.3) is 0 Å². The van der Waals surface area contributed by atoms with Crippen molar-refractivity contribution in [2.45, 2.75) is 40.4 Å². The van der Waals surface area contributed by atoms with Gasteiger partial charge in [-0.25, -0.2) is 0 Å². The second kappa shape index (κ2) is 7.11. The maximum atomic E-state index is 9.06. The third-order valence-corrected chi connectivity index (χ3v) is 7.22. The molecule has 2 aliphatic rings. The van der Waals surface area contributed by atoms with E-state index in [1.54, 1.807) is 30.2 Å². The van der Waals surface area contributed by atoms with E-state index in [0.717, 1.165) is 50.2 Å². The zero-order valence-corrected chi connectivity index (χ0v) is 15.8. The summed E-state index contributed by atoms with van der Waals surface area (Å²) in [5, 5.41) is 14.7. The van der Waals surface area contributed by atoms with Crippen LogP contribution >= 0.6 is 23.1 Å². The van der Waals surface area contributed by atoms with E-state index in [4.69, 9.17) is 14.7 Å². The maximum absolute atomic E-state index is 9.06. The second-order valence-corrected chi connectivity index (χ2v) is 8.72. The van der Waals surface area contributed by atoms with Gasteiger partial charge in [-0.3, -0.25) is 0 Å². The normalized spacial score (nSPS) is 20.8. The number of oxime groups is 1. The Morgan fingerprint density at radius 3 is 2.84 bits per heavy atom. The molecule has 1 aromatic heterocycles. The first-order chi connectivity index (χ1) is 12.2. The Labute approximate surface area is 155 Å². The molecule has 0 amide bonds. The number of hydrogen-bond donors (Lipinski definition) is 1. The smallest absolute Gasteiger partial charge is 0.0979 e. The van der Waals surface area contributed by atoms with Gasteiger partial charge in [-0.15, -0.1) is 11.3 Å². The number of methoxy groups -OCH3 is 1. The molecular formula is C19H21NO3S2. The highest BCUT2D eigenvalue weighted by Gasteiger charge is 2.35. The van der Waals surface area contributed by atoms with Crippen molar-refractivity contribution in [3.05, 3.63) is 46.3 Å². The predicted molar refractivity (Wildman–Crippen MR) is 100 cm³/mol. The van der Waals surface area contributed by atoms with Crippen molar-refractivity contribution in [1.29, 1.82) is 0 Å². The summed E-state index contributed by atoms with van der Waals surface area (Å²) in [7, 11) is 1.80. The molecule has 6 heteroatoms. The highest BCUT2D eigenvalue weighted by Crippen LogP contribution is 2.42. The summed E-state index contributed by atoms with van der Waals surface area (Å²) < 4.78 is 12.7. The number of hydrogen-bond acceptors (Lipinski definition) is 6. The zero-order chi connectivity index (χ0) is 17.3.